The normalized spacial score (nSPS) is 14.8. The molecular weight excluding hydrogens is 290 g/mol. The average Bonchev–Trinajstić information content (AvgIpc) is 2.50. The molecule has 0 aliphatic carbocycles. The Morgan fingerprint density at radius 2 is 1.64 bits per heavy atom. The molecule has 2 atom stereocenters. The molecule has 126 valence electrons. The van der Waals surface area contributed by atoms with E-state index in [1.54, 1.807) is 0 Å². The quantitative estimate of drug-likeness (QED) is 0.460. The summed E-state index contributed by atoms with van der Waals surface area (Å²) in [5, 5.41) is 5.77. The second kappa shape index (κ2) is 10.3. The monoisotopic (exact) mass is 323 g/mol. The summed E-state index contributed by atoms with van der Waals surface area (Å²) in [6, 6.07) is 10.5. The minimum absolute atomic E-state index is 0.334. The third-order valence-corrected chi connectivity index (χ3v) is 6.10. The minimum atomic E-state index is -1.29. The van der Waals surface area contributed by atoms with Gasteiger partial charge in [-0.2, -0.15) is 5.14 Å². The van der Waals surface area contributed by atoms with Gasteiger partial charge in [-0.15, -0.1) is 0 Å². The summed E-state index contributed by atoms with van der Waals surface area (Å²) in [6.45, 7) is 6.34. The third-order valence-electron chi connectivity index (χ3n) is 4.73. The fourth-order valence-electron chi connectivity index (χ4n) is 2.93. The second-order valence-corrected chi connectivity index (χ2v) is 8.49. The molecule has 0 fully saturated rings. The molecule has 3 heteroatoms. The van der Waals surface area contributed by atoms with E-state index in [9.17, 15) is 4.55 Å². The van der Waals surface area contributed by atoms with Crippen molar-refractivity contribution in [2.75, 3.05) is 0 Å². The van der Waals surface area contributed by atoms with Crippen LogP contribution in [-0.2, 0) is 17.8 Å². The Hall–Kier alpha value is -0.510. The summed E-state index contributed by atoms with van der Waals surface area (Å²) in [5.74, 6) is 0.368. The molecule has 2 unspecified atom stereocenters. The SMILES string of the molecule is CCCCCCCCC(Cc1ccccc1)C(C)(C)[S+](N)[O-]. The number of benzene rings is 1. The topological polar surface area (TPSA) is 49.1 Å². The van der Waals surface area contributed by atoms with Crippen molar-refractivity contribution in [3.63, 3.8) is 0 Å². The molecule has 1 aromatic carbocycles. The van der Waals surface area contributed by atoms with Gasteiger partial charge in [-0.1, -0.05) is 75.8 Å². The van der Waals surface area contributed by atoms with Crippen LogP contribution in [0.5, 0.6) is 0 Å². The molecule has 0 aliphatic rings. The van der Waals surface area contributed by atoms with E-state index < -0.39 is 11.4 Å². The van der Waals surface area contributed by atoms with E-state index >= 15 is 0 Å². The zero-order valence-electron chi connectivity index (χ0n) is 14.5. The lowest BCUT2D eigenvalue weighted by molar-refractivity contribution is 0.355. The highest BCUT2D eigenvalue weighted by Crippen LogP contribution is 2.32. The van der Waals surface area contributed by atoms with Crippen LogP contribution in [0, 0.1) is 5.92 Å². The molecule has 1 rings (SSSR count). The molecule has 1 aromatic rings. The van der Waals surface area contributed by atoms with E-state index in [1.807, 2.05) is 19.9 Å². The first-order valence-corrected chi connectivity index (χ1v) is 9.90. The van der Waals surface area contributed by atoms with E-state index in [2.05, 4.69) is 31.2 Å². The molecule has 0 spiro atoms. The van der Waals surface area contributed by atoms with E-state index in [-0.39, 0.29) is 4.75 Å². The van der Waals surface area contributed by atoms with Gasteiger partial charge in [-0.05, 0) is 32.3 Å². The summed E-state index contributed by atoms with van der Waals surface area (Å²) in [7, 11) is 0. The van der Waals surface area contributed by atoms with Crippen LogP contribution in [0.15, 0.2) is 30.3 Å². The van der Waals surface area contributed by atoms with E-state index in [0.717, 1.165) is 12.8 Å². The molecular formula is C19H33NOS. The van der Waals surface area contributed by atoms with E-state index in [1.165, 1.54) is 44.1 Å². The number of rotatable bonds is 11. The number of nitrogens with two attached hydrogens (primary N) is 1. The molecule has 22 heavy (non-hydrogen) atoms. The summed E-state index contributed by atoms with van der Waals surface area (Å²) in [4.78, 5) is 0. The molecule has 0 saturated carbocycles. The first kappa shape index (κ1) is 19.5. The first-order valence-electron chi connectivity index (χ1n) is 8.68. The van der Waals surface area contributed by atoms with Crippen LogP contribution in [-0.4, -0.2) is 9.30 Å². The van der Waals surface area contributed by atoms with Gasteiger partial charge in [0.25, 0.3) is 0 Å². The highest BCUT2D eigenvalue weighted by Gasteiger charge is 2.38. The largest absolute Gasteiger partial charge is 0.598 e. The summed E-state index contributed by atoms with van der Waals surface area (Å²) in [6.07, 6.45) is 9.84. The highest BCUT2D eigenvalue weighted by molar-refractivity contribution is 7.90. The van der Waals surface area contributed by atoms with E-state index in [4.69, 9.17) is 5.14 Å². The molecule has 0 bridgehead atoms. The van der Waals surface area contributed by atoms with Gasteiger partial charge >= 0.3 is 0 Å². The van der Waals surface area contributed by atoms with E-state index in [0.29, 0.717) is 5.92 Å². The van der Waals surface area contributed by atoms with Crippen molar-refractivity contribution in [2.45, 2.75) is 76.9 Å². The lowest BCUT2D eigenvalue weighted by atomic mass is 9.84. The number of unbranched alkanes of at least 4 members (excludes halogenated alkanes) is 5. The van der Waals surface area contributed by atoms with Crippen LogP contribution in [0.2, 0.25) is 0 Å². The maximum Gasteiger partial charge on any atom is 0.142 e. The molecule has 0 aromatic heterocycles. The summed E-state index contributed by atoms with van der Waals surface area (Å²) < 4.78 is 11.6. The van der Waals surface area contributed by atoms with Crippen LogP contribution < -0.4 is 5.14 Å². The standard InChI is InChI=1S/C19H33NOS/c1-4-5-6-7-8-12-15-18(19(2,3)22(20)21)16-17-13-10-9-11-14-17/h9-11,13-14,18H,4-8,12,15-16,20H2,1-3H3. The third kappa shape index (κ3) is 6.72. The van der Waals surface area contributed by atoms with Gasteiger partial charge in [0, 0.05) is 17.3 Å². The first-order chi connectivity index (χ1) is 10.5. The summed E-state index contributed by atoms with van der Waals surface area (Å²) >= 11 is -1.29. The zero-order chi connectivity index (χ0) is 16.4. The molecule has 0 radical (unpaired) electrons. The Bertz CT molecular complexity index is 392. The lowest BCUT2D eigenvalue weighted by Gasteiger charge is -2.33. The molecule has 0 heterocycles. The maximum absolute atomic E-state index is 12.0. The Labute approximate surface area is 140 Å². The zero-order valence-corrected chi connectivity index (χ0v) is 15.3. The Kier molecular flexibility index (Phi) is 9.15. The predicted molar refractivity (Wildman–Crippen MR) is 98.0 cm³/mol. The maximum atomic E-state index is 12.0. The van der Waals surface area contributed by atoms with Crippen LogP contribution in [0.3, 0.4) is 0 Å². The Morgan fingerprint density at radius 3 is 2.23 bits per heavy atom. The van der Waals surface area contributed by atoms with Gasteiger partial charge in [0.15, 0.2) is 0 Å². The van der Waals surface area contributed by atoms with Crippen molar-refractivity contribution in [3.8, 4) is 0 Å². The van der Waals surface area contributed by atoms with Crippen LogP contribution in [0.4, 0.5) is 0 Å². The average molecular weight is 324 g/mol. The smallest absolute Gasteiger partial charge is 0.142 e. The predicted octanol–water partition coefficient (Wildman–Crippen LogP) is 5.00. The van der Waals surface area contributed by atoms with Crippen molar-refractivity contribution in [1.29, 1.82) is 0 Å². The van der Waals surface area contributed by atoms with Gasteiger partial charge < -0.3 is 4.55 Å². The van der Waals surface area contributed by atoms with Crippen LogP contribution >= 0.6 is 0 Å². The van der Waals surface area contributed by atoms with Crippen LogP contribution in [0.1, 0.15) is 71.3 Å². The number of hydrogen-bond donors (Lipinski definition) is 1. The molecule has 0 saturated heterocycles. The van der Waals surface area contributed by atoms with Crippen LogP contribution in [0.25, 0.3) is 0 Å². The Morgan fingerprint density at radius 1 is 1.05 bits per heavy atom. The van der Waals surface area contributed by atoms with Gasteiger partial charge in [-0.3, -0.25) is 0 Å². The van der Waals surface area contributed by atoms with Crippen molar-refractivity contribution < 1.29 is 4.55 Å². The van der Waals surface area contributed by atoms with Gasteiger partial charge in [0.05, 0.1) is 0 Å². The van der Waals surface area contributed by atoms with Crippen molar-refractivity contribution >= 4 is 11.4 Å². The molecule has 2 nitrogen and oxygen atoms in total. The molecule has 0 amide bonds. The fourth-order valence-corrected chi connectivity index (χ4v) is 3.46. The number of hydrogen-bond acceptors (Lipinski definition) is 2. The van der Waals surface area contributed by atoms with Crippen molar-refractivity contribution in [2.24, 2.45) is 11.1 Å². The minimum Gasteiger partial charge on any atom is -0.598 e. The second-order valence-electron chi connectivity index (χ2n) is 6.84. The fraction of sp³-hybridized carbons (Fsp3) is 0.684. The molecule has 2 N–H and O–H groups in total. The summed E-state index contributed by atoms with van der Waals surface area (Å²) in [5.41, 5.74) is 1.32. The molecule has 0 aliphatic heterocycles. The van der Waals surface area contributed by atoms with Gasteiger partial charge in [0.2, 0.25) is 0 Å². The lowest BCUT2D eigenvalue weighted by Crippen LogP contribution is -2.45. The Balaban J connectivity index is 2.55. The van der Waals surface area contributed by atoms with Crippen molar-refractivity contribution in [1.82, 2.24) is 0 Å². The van der Waals surface area contributed by atoms with Gasteiger partial charge in [0.1, 0.15) is 4.75 Å². The highest BCUT2D eigenvalue weighted by atomic mass is 32.2. The van der Waals surface area contributed by atoms with Crippen molar-refractivity contribution in [3.05, 3.63) is 35.9 Å². The van der Waals surface area contributed by atoms with Gasteiger partial charge in [-0.25, -0.2) is 0 Å².